The highest BCUT2D eigenvalue weighted by Crippen LogP contribution is 2.35. The van der Waals surface area contributed by atoms with Crippen LogP contribution in [-0.2, 0) is 0 Å². The van der Waals surface area contributed by atoms with Crippen LogP contribution in [0.15, 0.2) is 30.5 Å². The second-order valence-corrected chi connectivity index (χ2v) is 9.00. The van der Waals surface area contributed by atoms with Crippen molar-refractivity contribution in [3.8, 4) is 22.8 Å². The fourth-order valence-corrected chi connectivity index (χ4v) is 4.68. The Hall–Kier alpha value is -3.09. The molecule has 7 nitrogen and oxygen atoms in total. The first kappa shape index (κ1) is 20.8. The summed E-state index contributed by atoms with van der Waals surface area (Å²) in [5.41, 5.74) is 3.04. The lowest BCUT2D eigenvalue weighted by atomic mass is 9.95. The molecule has 168 valence electrons. The molecule has 2 aliphatic heterocycles. The summed E-state index contributed by atoms with van der Waals surface area (Å²) >= 11 is 0. The van der Waals surface area contributed by atoms with Gasteiger partial charge in [-0.25, -0.2) is 9.67 Å². The molecule has 2 aliphatic rings. The quantitative estimate of drug-likeness (QED) is 0.595. The number of pyridine rings is 1. The van der Waals surface area contributed by atoms with E-state index in [1.807, 2.05) is 33.8 Å². The Bertz CT molecular complexity index is 1150. The van der Waals surface area contributed by atoms with Gasteiger partial charge in [-0.1, -0.05) is 13.3 Å². The van der Waals surface area contributed by atoms with Gasteiger partial charge in [0.2, 0.25) is 0 Å². The molecule has 7 heteroatoms. The maximum absolute atomic E-state index is 13.7. The molecule has 32 heavy (non-hydrogen) atoms. The summed E-state index contributed by atoms with van der Waals surface area (Å²) in [7, 11) is 0. The van der Waals surface area contributed by atoms with E-state index in [4.69, 9.17) is 14.5 Å². The molecule has 1 unspecified atom stereocenters. The second kappa shape index (κ2) is 8.45. The SMILES string of the molecule is CCC1CCCN(C(=O)c2cc(-c3ccc4c(c3)OCCO4)nc3c2cnn3C(C)C)C1. The molecule has 4 heterocycles. The average molecular weight is 435 g/mol. The van der Waals surface area contributed by atoms with Crippen LogP contribution in [0.5, 0.6) is 11.5 Å². The summed E-state index contributed by atoms with van der Waals surface area (Å²) in [5, 5.41) is 5.37. The third-order valence-electron chi connectivity index (χ3n) is 6.51. The molecule has 0 bridgehead atoms. The maximum Gasteiger partial charge on any atom is 0.254 e. The fraction of sp³-hybridized carbons (Fsp3) is 0.480. The van der Waals surface area contributed by atoms with Gasteiger partial charge in [-0.3, -0.25) is 4.79 Å². The molecule has 1 fully saturated rings. The lowest BCUT2D eigenvalue weighted by molar-refractivity contribution is 0.0673. The fourth-order valence-electron chi connectivity index (χ4n) is 4.68. The second-order valence-electron chi connectivity index (χ2n) is 9.00. The smallest absolute Gasteiger partial charge is 0.254 e. The molecule has 0 spiro atoms. The van der Waals surface area contributed by atoms with Crippen LogP contribution in [-0.4, -0.2) is 51.9 Å². The minimum Gasteiger partial charge on any atom is -0.486 e. The van der Waals surface area contributed by atoms with Crippen LogP contribution in [0.1, 0.15) is 56.4 Å². The van der Waals surface area contributed by atoms with Crippen molar-refractivity contribution in [2.24, 2.45) is 5.92 Å². The normalized spacial score (nSPS) is 18.4. The molecular weight excluding hydrogens is 404 g/mol. The first-order valence-electron chi connectivity index (χ1n) is 11.6. The van der Waals surface area contributed by atoms with Crippen LogP contribution in [0.4, 0.5) is 0 Å². The third kappa shape index (κ3) is 3.70. The largest absolute Gasteiger partial charge is 0.486 e. The van der Waals surface area contributed by atoms with E-state index < -0.39 is 0 Å². The van der Waals surface area contributed by atoms with Crippen molar-refractivity contribution in [1.82, 2.24) is 19.7 Å². The van der Waals surface area contributed by atoms with Crippen molar-refractivity contribution in [3.63, 3.8) is 0 Å². The number of nitrogens with zero attached hydrogens (tertiary/aromatic N) is 4. The Morgan fingerprint density at radius 3 is 2.78 bits per heavy atom. The third-order valence-corrected chi connectivity index (χ3v) is 6.51. The van der Waals surface area contributed by atoms with Crippen molar-refractivity contribution >= 4 is 16.9 Å². The van der Waals surface area contributed by atoms with E-state index in [0.29, 0.717) is 30.4 Å². The summed E-state index contributed by atoms with van der Waals surface area (Å²) in [4.78, 5) is 20.6. The summed E-state index contributed by atoms with van der Waals surface area (Å²) in [5.74, 6) is 2.09. The number of ether oxygens (including phenoxy) is 2. The van der Waals surface area contributed by atoms with E-state index in [1.54, 1.807) is 6.20 Å². The highest BCUT2D eigenvalue weighted by molar-refractivity contribution is 6.06. The molecule has 0 radical (unpaired) electrons. The zero-order chi connectivity index (χ0) is 22.2. The number of carbonyl (C=O) groups excluding carboxylic acids is 1. The Morgan fingerprint density at radius 2 is 2.00 bits per heavy atom. The minimum atomic E-state index is 0.0673. The van der Waals surface area contributed by atoms with Gasteiger partial charge in [0.1, 0.15) is 13.2 Å². The summed E-state index contributed by atoms with van der Waals surface area (Å²) < 4.78 is 13.3. The first-order valence-corrected chi connectivity index (χ1v) is 11.6. The molecule has 3 aromatic rings. The Balaban J connectivity index is 1.61. The number of hydrogen-bond donors (Lipinski definition) is 0. The molecule has 1 saturated heterocycles. The molecule has 0 N–H and O–H groups in total. The monoisotopic (exact) mass is 434 g/mol. The molecule has 1 amide bonds. The van der Waals surface area contributed by atoms with Crippen molar-refractivity contribution < 1.29 is 14.3 Å². The summed E-state index contributed by atoms with van der Waals surface area (Å²) in [6, 6.07) is 7.88. The standard InChI is InChI=1S/C25H30N4O3/c1-4-17-6-5-9-28(15-17)25(30)19-13-21(27-24-20(19)14-26-29(24)16(2)3)18-7-8-22-23(12-18)32-11-10-31-22/h7-8,12-14,16-17H,4-6,9-11,15H2,1-3H3. The molecule has 5 rings (SSSR count). The van der Waals surface area contributed by atoms with Crippen LogP contribution in [0.3, 0.4) is 0 Å². The van der Waals surface area contributed by atoms with Crippen LogP contribution in [0.2, 0.25) is 0 Å². The molecule has 0 aliphatic carbocycles. The Labute approximate surface area is 188 Å². The molecule has 1 aromatic carbocycles. The Morgan fingerprint density at radius 1 is 1.19 bits per heavy atom. The van der Waals surface area contributed by atoms with E-state index in [2.05, 4.69) is 25.9 Å². The zero-order valence-corrected chi connectivity index (χ0v) is 19.0. The summed E-state index contributed by atoms with van der Waals surface area (Å²) in [6.07, 6.45) is 5.13. The van der Waals surface area contributed by atoms with E-state index in [0.717, 1.165) is 54.0 Å². The van der Waals surface area contributed by atoms with Gasteiger partial charge in [-0.05, 0) is 56.9 Å². The van der Waals surface area contributed by atoms with Gasteiger partial charge in [0.15, 0.2) is 17.1 Å². The van der Waals surface area contributed by atoms with Gasteiger partial charge in [-0.2, -0.15) is 5.10 Å². The van der Waals surface area contributed by atoms with E-state index in [9.17, 15) is 4.79 Å². The number of carbonyl (C=O) groups is 1. The topological polar surface area (TPSA) is 69.5 Å². The predicted molar refractivity (Wildman–Crippen MR) is 123 cm³/mol. The molecule has 2 aromatic heterocycles. The number of benzene rings is 1. The lowest BCUT2D eigenvalue weighted by Gasteiger charge is -2.32. The number of amides is 1. The van der Waals surface area contributed by atoms with E-state index in [1.165, 1.54) is 6.42 Å². The van der Waals surface area contributed by atoms with Crippen molar-refractivity contribution in [2.45, 2.75) is 46.1 Å². The number of aromatic nitrogens is 3. The predicted octanol–water partition coefficient (Wildman–Crippen LogP) is 4.71. The molecular formula is C25H30N4O3. The van der Waals surface area contributed by atoms with Crippen molar-refractivity contribution in [3.05, 3.63) is 36.0 Å². The lowest BCUT2D eigenvalue weighted by Crippen LogP contribution is -2.39. The van der Waals surface area contributed by atoms with Crippen LogP contribution < -0.4 is 9.47 Å². The highest BCUT2D eigenvalue weighted by Gasteiger charge is 2.27. The van der Waals surface area contributed by atoms with Gasteiger partial charge < -0.3 is 14.4 Å². The van der Waals surface area contributed by atoms with Crippen LogP contribution in [0.25, 0.3) is 22.3 Å². The number of fused-ring (bicyclic) bond motifs is 2. The zero-order valence-electron chi connectivity index (χ0n) is 19.0. The van der Waals surface area contributed by atoms with Crippen LogP contribution >= 0.6 is 0 Å². The van der Waals surface area contributed by atoms with Crippen LogP contribution in [0, 0.1) is 5.92 Å². The Kier molecular flexibility index (Phi) is 5.49. The minimum absolute atomic E-state index is 0.0673. The number of rotatable bonds is 4. The molecule has 1 atom stereocenters. The van der Waals surface area contributed by atoms with Gasteiger partial charge in [0, 0.05) is 24.7 Å². The molecule has 0 saturated carbocycles. The van der Waals surface area contributed by atoms with Gasteiger partial charge in [-0.15, -0.1) is 0 Å². The highest BCUT2D eigenvalue weighted by atomic mass is 16.6. The maximum atomic E-state index is 13.7. The van der Waals surface area contributed by atoms with E-state index in [-0.39, 0.29) is 11.9 Å². The van der Waals surface area contributed by atoms with Crippen molar-refractivity contribution in [1.29, 1.82) is 0 Å². The number of likely N-dealkylation sites (tertiary alicyclic amines) is 1. The van der Waals surface area contributed by atoms with Gasteiger partial charge >= 0.3 is 0 Å². The van der Waals surface area contributed by atoms with Crippen molar-refractivity contribution in [2.75, 3.05) is 26.3 Å². The van der Waals surface area contributed by atoms with Gasteiger partial charge in [0.05, 0.1) is 22.8 Å². The summed E-state index contributed by atoms with van der Waals surface area (Å²) in [6.45, 7) is 9.05. The average Bonchev–Trinajstić information content (AvgIpc) is 3.27. The van der Waals surface area contributed by atoms with Gasteiger partial charge in [0.25, 0.3) is 5.91 Å². The van der Waals surface area contributed by atoms with E-state index >= 15 is 0 Å². The first-order chi connectivity index (χ1) is 15.5. The number of hydrogen-bond acceptors (Lipinski definition) is 5. The number of piperidine rings is 1.